The Hall–Kier alpha value is -0.830. The fourth-order valence-corrected chi connectivity index (χ4v) is 1.86. The van der Waals surface area contributed by atoms with Crippen LogP contribution in [-0.2, 0) is 16.4 Å². The van der Waals surface area contributed by atoms with Crippen LogP contribution in [0.4, 0.5) is 0 Å². The van der Waals surface area contributed by atoms with Crippen LogP contribution in [0.1, 0.15) is 26.3 Å². The maximum absolute atomic E-state index is 11.7. The van der Waals surface area contributed by atoms with Crippen LogP contribution in [-0.4, -0.2) is 38.5 Å². The summed E-state index contributed by atoms with van der Waals surface area (Å²) in [6, 6.07) is 9.92. The van der Waals surface area contributed by atoms with Gasteiger partial charge in [0.2, 0.25) is 0 Å². The van der Waals surface area contributed by atoms with Gasteiger partial charge in [0.25, 0.3) is 0 Å². The third kappa shape index (κ3) is 6.95. The Kier molecular flexibility index (Phi) is 8.99. The van der Waals surface area contributed by atoms with Crippen molar-refractivity contribution in [3.8, 4) is 0 Å². The van der Waals surface area contributed by atoms with Crippen LogP contribution in [0.3, 0.4) is 0 Å². The Labute approximate surface area is 150 Å². The van der Waals surface area contributed by atoms with Crippen molar-refractivity contribution in [2.75, 3.05) is 19.3 Å². The van der Waals surface area contributed by atoms with Crippen molar-refractivity contribution < 1.29 is 8.42 Å². The van der Waals surface area contributed by atoms with Crippen LogP contribution in [0.25, 0.3) is 0 Å². The van der Waals surface area contributed by atoms with Crippen LogP contribution in [0, 0.1) is 0 Å². The van der Waals surface area contributed by atoms with E-state index in [2.05, 4.69) is 15.6 Å². The molecule has 22 heavy (non-hydrogen) atoms. The number of hydrogen-bond donors (Lipinski definition) is 2. The highest BCUT2D eigenvalue weighted by molar-refractivity contribution is 14.0. The molecule has 0 saturated heterocycles. The van der Waals surface area contributed by atoms with Crippen LogP contribution >= 0.6 is 24.0 Å². The molecule has 0 aliphatic heterocycles. The fraction of sp³-hybridized carbons (Fsp3) is 0.533. The minimum atomic E-state index is -3.13. The highest BCUT2D eigenvalue weighted by atomic mass is 127. The first-order valence-electron chi connectivity index (χ1n) is 7.02. The third-order valence-electron chi connectivity index (χ3n) is 3.29. The maximum Gasteiger partial charge on any atom is 0.191 e. The zero-order valence-corrected chi connectivity index (χ0v) is 16.7. The average Bonchev–Trinajstić information content (AvgIpc) is 2.42. The quantitative estimate of drug-likeness (QED) is 0.405. The van der Waals surface area contributed by atoms with E-state index in [0.29, 0.717) is 19.0 Å². The Morgan fingerprint density at radius 2 is 1.77 bits per heavy atom. The van der Waals surface area contributed by atoms with Gasteiger partial charge in [-0.2, -0.15) is 0 Å². The molecule has 0 aliphatic rings. The lowest BCUT2D eigenvalue weighted by Gasteiger charge is -2.24. The first kappa shape index (κ1) is 21.2. The molecule has 0 bridgehead atoms. The Morgan fingerprint density at radius 3 is 2.27 bits per heavy atom. The van der Waals surface area contributed by atoms with Gasteiger partial charge in [0.05, 0.1) is 11.3 Å². The van der Waals surface area contributed by atoms with Crippen LogP contribution < -0.4 is 10.6 Å². The summed E-state index contributed by atoms with van der Waals surface area (Å²) < 4.78 is 22.6. The van der Waals surface area contributed by atoms with Crippen molar-refractivity contribution in [1.82, 2.24) is 10.6 Å². The molecule has 5 nitrogen and oxygen atoms in total. The van der Waals surface area contributed by atoms with E-state index in [4.69, 9.17) is 0 Å². The lowest BCUT2D eigenvalue weighted by molar-refractivity contribution is 0.544. The van der Waals surface area contributed by atoms with E-state index in [0.717, 1.165) is 12.1 Å². The molecular weight excluding hydrogens is 413 g/mol. The van der Waals surface area contributed by atoms with Gasteiger partial charge in [0, 0.05) is 19.3 Å². The number of sulfone groups is 1. The number of hydrogen-bond acceptors (Lipinski definition) is 3. The fourth-order valence-electron chi connectivity index (χ4n) is 1.52. The molecule has 0 radical (unpaired) electrons. The molecule has 1 aromatic rings. The summed E-state index contributed by atoms with van der Waals surface area (Å²) in [7, 11) is -3.13. The average molecular weight is 439 g/mol. The second kappa shape index (κ2) is 9.34. The predicted molar refractivity (Wildman–Crippen MR) is 104 cm³/mol. The summed E-state index contributed by atoms with van der Waals surface area (Å²) in [5.41, 5.74) is 1.11. The molecule has 0 heterocycles. The maximum atomic E-state index is 11.7. The molecule has 126 valence electrons. The van der Waals surface area contributed by atoms with Crippen molar-refractivity contribution >= 4 is 39.8 Å². The molecular formula is C15H26IN3O2S. The normalized spacial score (nSPS) is 12.5. The molecule has 2 N–H and O–H groups in total. The van der Waals surface area contributed by atoms with Gasteiger partial charge in [-0.1, -0.05) is 30.3 Å². The summed E-state index contributed by atoms with van der Waals surface area (Å²) in [6.07, 6.45) is 1.25. The summed E-state index contributed by atoms with van der Waals surface area (Å²) in [5.74, 6) is 0.623. The second-order valence-electron chi connectivity index (χ2n) is 5.57. The molecule has 0 saturated carbocycles. The lowest BCUT2D eigenvalue weighted by atomic mass is 10.2. The number of aliphatic imine (C=N–C) groups is 1. The minimum Gasteiger partial charge on any atom is -0.357 e. The molecule has 0 fully saturated rings. The predicted octanol–water partition coefficient (Wildman–Crippen LogP) is 2.18. The standard InChI is InChI=1S/C15H25N3O2S.HI/c1-5-16-14(17-11-13-9-7-6-8-10-13)18-12-15(2,3)21(4,19)20;/h6-10H,5,11-12H2,1-4H3,(H2,16,17,18);1H. The van der Waals surface area contributed by atoms with E-state index in [1.54, 1.807) is 13.8 Å². The SMILES string of the molecule is CCNC(=NCc1ccccc1)NCC(C)(C)S(C)(=O)=O.I. The molecule has 0 aliphatic carbocycles. The van der Waals surface area contributed by atoms with Crippen molar-refractivity contribution in [3.05, 3.63) is 35.9 Å². The number of nitrogens with zero attached hydrogens (tertiary/aromatic N) is 1. The molecule has 0 atom stereocenters. The van der Waals surface area contributed by atoms with Crippen molar-refractivity contribution in [2.24, 2.45) is 4.99 Å². The van der Waals surface area contributed by atoms with Crippen molar-refractivity contribution in [1.29, 1.82) is 0 Å². The molecule has 1 aromatic carbocycles. The van der Waals surface area contributed by atoms with Crippen molar-refractivity contribution in [2.45, 2.75) is 32.1 Å². The van der Waals surface area contributed by atoms with Gasteiger partial charge in [0.15, 0.2) is 15.8 Å². The minimum absolute atomic E-state index is 0. The molecule has 7 heteroatoms. The van der Waals surface area contributed by atoms with Crippen LogP contribution in [0.5, 0.6) is 0 Å². The van der Waals surface area contributed by atoms with Gasteiger partial charge >= 0.3 is 0 Å². The number of rotatable bonds is 6. The summed E-state index contributed by atoms with van der Waals surface area (Å²) >= 11 is 0. The molecule has 0 aromatic heterocycles. The van der Waals surface area contributed by atoms with Crippen LogP contribution in [0.2, 0.25) is 0 Å². The van der Waals surface area contributed by atoms with Gasteiger partial charge in [-0.3, -0.25) is 0 Å². The highest BCUT2D eigenvalue weighted by Crippen LogP contribution is 2.13. The largest absolute Gasteiger partial charge is 0.357 e. The van der Waals surface area contributed by atoms with Gasteiger partial charge in [-0.15, -0.1) is 24.0 Å². The van der Waals surface area contributed by atoms with E-state index in [1.807, 2.05) is 37.3 Å². The second-order valence-corrected chi connectivity index (χ2v) is 8.22. The zero-order valence-electron chi connectivity index (χ0n) is 13.6. The van der Waals surface area contributed by atoms with Gasteiger partial charge in [-0.25, -0.2) is 13.4 Å². The molecule has 0 spiro atoms. The van der Waals surface area contributed by atoms with Gasteiger partial charge in [0.1, 0.15) is 0 Å². The number of guanidine groups is 1. The Bertz CT molecular complexity index is 572. The summed E-state index contributed by atoms with van der Waals surface area (Å²) in [6.45, 7) is 6.97. The Balaban J connectivity index is 0.00000441. The van der Waals surface area contributed by atoms with Gasteiger partial charge < -0.3 is 10.6 Å². The number of nitrogens with one attached hydrogen (secondary N) is 2. The number of halogens is 1. The topological polar surface area (TPSA) is 70.6 Å². The van der Waals surface area contributed by atoms with E-state index < -0.39 is 14.6 Å². The highest BCUT2D eigenvalue weighted by Gasteiger charge is 2.30. The number of benzene rings is 1. The molecule has 0 amide bonds. The first-order chi connectivity index (χ1) is 9.76. The zero-order chi connectivity index (χ0) is 15.9. The van der Waals surface area contributed by atoms with Gasteiger partial charge in [-0.05, 0) is 26.3 Å². The molecule has 1 rings (SSSR count). The smallest absolute Gasteiger partial charge is 0.191 e. The van der Waals surface area contributed by atoms with Crippen molar-refractivity contribution in [3.63, 3.8) is 0 Å². The summed E-state index contributed by atoms with van der Waals surface area (Å²) in [5, 5.41) is 6.22. The lowest BCUT2D eigenvalue weighted by Crippen LogP contribution is -2.47. The van der Waals surface area contributed by atoms with E-state index in [9.17, 15) is 8.42 Å². The van der Waals surface area contributed by atoms with Crippen LogP contribution in [0.15, 0.2) is 35.3 Å². The monoisotopic (exact) mass is 439 g/mol. The van der Waals surface area contributed by atoms with E-state index >= 15 is 0 Å². The summed E-state index contributed by atoms with van der Waals surface area (Å²) in [4.78, 5) is 4.47. The molecule has 0 unspecified atom stereocenters. The van der Waals surface area contributed by atoms with E-state index in [1.165, 1.54) is 6.26 Å². The Morgan fingerprint density at radius 1 is 1.18 bits per heavy atom. The third-order valence-corrected chi connectivity index (χ3v) is 5.44. The van der Waals surface area contributed by atoms with E-state index in [-0.39, 0.29) is 24.0 Å². The first-order valence-corrected chi connectivity index (χ1v) is 8.91.